The molecule has 2 aromatic carbocycles. The van der Waals surface area contributed by atoms with Crippen LogP contribution in [-0.4, -0.2) is 47.9 Å². The smallest absolute Gasteiger partial charge is 0.332 e. The Bertz CT molecular complexity index is 1330. The van der Waals surface area contributed by atoms with Gasteiger partial charge in [0, 0.05) is 24.0 Å². The average molecular weight is 461 g/mol. The van der Waals surface area contributed by atoms with Crippen LogP contribution in [-0.2, 0) is 16.8 Å². The summed E-state index contributed by atoms with van der Waals surface area (Å²) in [5.41, 5.74) is 2.02. The number of aromatic amines is 1. The topological polar surface area (TPSA) is 94.7 Å². The lowest BCUT2D eigenvalue weighted by Gasteiger charge is -2.35. The van der Waals surface area contributed by atoms with Gasteiger partial charge in [0.1, 0.15) is 5.75 Å². The van der Waals surface area contributed by atoms with Crippen molar-refractivity contribution in [2.75, 3.05) is 25.1 Å². The standard InChI is InChI=1S/C26H28N4O4/c1-15(2)14-27-23(31)18-7-5-6-8-21(18)30-24(32)26(3)22-17(11-12-29(26)25(30)33)19-13-16(34-4)9-10-20(19)28-22/h5-10,13,15,28H,11-12,14H2,1-4H3,(H,27,31). The van der Waals surface area contributed by atoms with Crippen molar-refractivity contribution in [2.45, 2.75) is 32.7 Å². The summed E-state index contributed by atoms with van der Waals surface area (Å²) in [4.78, 5) is 46.6. The number of rotatable bonds is 5. The molecule has 3 aromatic rings. The van der Waals surface area contributed by atoms with Crippen LogP contribution in [0.3, 0.4) is 0 Å². The molecule has 176 valence electrons. The van der Waals surface area contributed by atoms with Gasteiger partial charge in [0.2, 0.25) is 0 Å². The molecule has 0 spiro atoms. The van der Waals surface area contributed by atoms with Gasteiger partial charge in [-0.1, -0.05) is 26.0 Å². The number of hydrogen-bond donors (Lipinski definition) is 2. The van der Waals surface area contributed by atoms with E-state index in [-0.39, 0.29) is 17.7 Å². The molecule has 2 aliphatic rings. The number of aromatic nitrogens is 1. The molecule has 1 fully saturated rings. The zero-order valence-electron chi connectivity index (χ0n) is 19.8. The number of carbonyl (C=O) groups excluding carboxylic acids is 3. The highest BCUT2D eigenvalue weighted by Crippen LogP contribution is 2.46. The Morgan fingerprint density at radius 1 is 1.21 bits per heavy atom. The first-order valence-electron chi connectivity index (χ1n) is 11.5. The van der Waals surface area contributed by atoms with E-state index >= 15 is 0 Å². The van der Waals surface area contributed by atoms with Crippen molar-refractivity contribution in [3.05, 3.63) is 59.3 Å². The molecule has 2 N–H and O–H groups in total. The summed E-state index contributed by atoms with van der Waals surface area (Å²) in [6.07, 6.45) is 0.613. The van der Waals surface area contributed by atoms with Crippen molar-refractivity contribution in [1.29, 1.82) is 0 Å². The molecule has 2 aliphatic heterocycles. The van der Waals surface area contributed by atoms with Crippen LogP contribution < -0.4 is 15.0 Å². The van der Waals surface area contributed by atoms with Gasteiger partial charge in [0.05, 0.1) is 24.1 Å². The Balaban J connectivity index is 1.59. The average Bonchev–Trinajstić information content (AvgIpc) is 3.30. The number of fused-ring (bicyclic) bond motifs is 5. The van der Waals surface area contributed by atoms with E-state index in [1.165, 1.54) is 0 Å². The van der Waals surface area contributed by atoms with Gasteiger partial charge < -0.3 is 19.9 Å². The highest BCUT2D eigenvalue weighted by molar-refractivity contribution is 6.25. The molecule has 34 heavy (non-hydrogen) atoms. The van der Waals surface area contributed by atoms with Crippen LogP contribution in [0.25, 0.3) is 10.9 Å². The third-order valence-corrected chi connectivity index (χ3v) is 6.83. The van der Waals surface area contributed by atoms with Crippen molar-refractivity contribution in [3.8, 4) is 5.75 Å². The van der Waals surface area contributed by atoms with Crippen LogP contribution in [0.4, 0.5) is 10.5 Å². The minimum Gasteiger partial charge on any atom is -0.497 e. The van der Waals surface area contributed by atoms with Crippen molar-refractivity contribution >= 4 is 34.4 Å². The molecule has 0 saturated carbocycles. The minimum absolute atomic E-state index is 0.276. The molecule has 0 bridgehead atoms. The number of carbonyl (C=O) groups is 3. The molecule has 0 aliphatic carbocycles. The molecule has 1 aromatic heterocycles. The van der Waals surface area contributed by atoms with E-state index in [9.17, 15) is 14.4 Å². The number of nitrogens with one attached hydrogen (secondary N) is 2. The van der Waals surface area contributed by atoms with Crippen molar-refractivity contribution in [2.24, 2.45) is 5.92 Å². The third kappa shape index (κ3) is 3.09. The lowest BCUT2D eigenvalue weighted by molar-refractivity contribution is -0.125. The summed E-state index contributed by atoms with van der Waals surface area (Å²) in [7, 11) is 1.62. The van der Waals surface area contributed by atoms with E-state index in [1.807, 2.05) is 32.0 Å². The van der Waals surface area contributed by atoms with E-state index in [4.69, 9.17) is 4.74 Å². The number of para-hydroxylation sites is 1. The van der Waals surface area contributed by atoms with E-state index in [0.717, 1.165) is 27.1 Å². The molecule has 3 heterocycles. The van der Waals surface area contributed by atoms with Gasteiger partial charge in [-0.2, -0.15) is 0 Å². The zero-order chi connectivity index (χ0) is 24.2. The Labute approximate surface area is 197 Å². The molecule has 1 unspecified atom stereocenters. The Hall–Kier alpha value is -3.81. The lowest BCUT2D eigenvalue weighted by atomic mass is 9.87. The maximum atomic E-state index is 14.0. The van der Waals surface area contributed by atoms with Crippen LogP contribution in [0.2, 0.25) is 0 Å². The fraction of sp³-hybridized carbons (Fsp3) is 0.346. The second kappa shape index (κ2) is 7.90. The Morgan fingerprint density at radius 3 is 2.71 bits per heavy atom. The Kier molecular flexibility index (Phi) is 5.11. The number of nitrogens with zero attached hydrogens (tertiary/aromatic N) is 2. The highest BCUT2D eigenvalue weighted by Gasteiger charge is 2.59. The van der Waals surface area contributed by atoms with Crippen molar-refractivity contribution in [1.82, 2.24) is 15.2 Å². The van der Waals surface area contributed by atoms with Gasteiger partial charge in [-0.15, -0.1) is 0 Å². The number of ether oxygens (including phenoxy) is 1. The lowest BCUT2D eigenvalue weighted by Crippen LogP contribution is -2.49. The van der Waals surface area contributed by atoms with Crippen LogP contribution >= 0.6 is 0 Å². The van der Waals surface area contributed by atoms with Crippen LogP contribution in [0.1, 0.15) is 42.4 Å². The van der Waals surface area contributed by atoms with Gasteiger partial charge in [0.15, 0.2) is 5.54 Å². The molecule has 8 nitrogen and oxygen atoms in total. The summed E-state index contributed by atoms with van der Waals surface area (Å²) >= 11 is 0. The highest BCUT2D eigenvalue weighted by atomic mass is 16.5. The quantitative estimate of drug-likeness (QED) is 0.566. The first kappa shape index (κ1) is 22.0. The molecule has 1 atom stereocenters. The molecule has 0 radical (unpaired) electrons. The maximum Gasteiger partial charge on any atom is 0.332 e. The van der Waals surface area contributed by atoms with Crippen LogP contribution in [0.5, 0.6) is 5.75 Å². The normalized spacial score (nSPS) is 19.6. The summed E-state index contributed by atoms with van der Waals surface area (Å²) in [6, 6.07) is 12.1. The summed E-state index contributed by atoms with van der Waals surface area (Å²) in [5, 5.41) is 3.88. The first-order valence-corrected chi connectivity index (χ1v) is 11.5. The summed E-state index contributed by atoms with van der Waals surface area (Å²) in [5.74, 6) is 0.330. The third-order valence-electron chi connectivity index (χ3n) is 6.83. The SMILES string of the molecule is COc1ccc2[nH]c3c(c2c1)CCN1C(=O)N(c2ccccc2C(=O)NCC(C)C)C(=O)C31C. The maximum absolute atomic E-state index is 14.0. The number of amides is 4. The van der Waals surface area contributed by atoms with Gasteiger partial charge in [-0.25, -0.2) is 9.69 Å². The second-order valence-corrected chi connectivity index (χ2v) is 9.41. The van der Waals surface area contributed by atoms with Gasteiger partial charge in [-0.3, -0.25) is 9.59 Å². The largest absolute Gasteiger partial charge is 0.497 e. The number of anilines is 1. The second-order valence-electron chi connectivity index (χ2n) is 9.41. The number of H-pyrrole nitrogens is 1. The van der Waals surface area contributed by atoms with Gasteiger partial charge >= 0.3 is 6.03 Å². The monoisotopic (exact) mass is 460 g/mol. The number of imide groups is 1. The molecule has 1 saturated heterocycles. The fourth-order valence-electron chi connectivity index (χ4n) is 5.01. The zero-order valence-corrected chi connectivity index (χ0v) is 19.8. The van der Waals surface area contributed by atoms with E-state index in [1.54, 1.807) is 43.2 Å². The van der Waals surface area contributed by atoms with Crippen LogP contribution in [0.15, 0.2) is 42.5 Å². The van der Waals surface area contributed by atoms with Crippen molar-refractivity contribution in [3.63, 3.8) is 0 Å². The van der Waals surface area contributed by atoms with E-state index in [2.05, 4.69) is 10.3 Å². The number of methoxy groups -OCH3 is 1. The number of hydrogen-bond acceptors (Lipinski definition) is 4. The molecule has 5 rings (SSSR count). The minimum atomic E-state index is -1.20. The fourth-order valence-corrected chi connectivity index (χ4v) is 5.01. The first-order chi connectivity index (χ1) is 16.3. The van der Waals surface area contributed by atoms with Gasteiger partial charge in [-0.05, 0) is 55.2 Å². The Morgan fingerprint density at radius 2 is 1.97 bits per heavy atom. The predicted octanol–water partition coefficient (Wildman–Crippen LogP) is 3.80. The summed E-state index contributed by atoms with van der Waals surface area (Å²) in [6.45, 7) is 6.69. The summed E-state index contributed by atoms with van der Waals surface area (Å²) < 4.78 is 5.39. The number of urea groups is 1. The molecule has 8 heteroatoms. The number of benzene rings is 2. The predicted molar refractivity (Wildman–Crippen MR) is 129 cm³/mol. The molecule has 4 amide bonds. The van der Waals surface area contributed by atoms with Crippen molar-refractivity contribution < 1.29 is 19.1 Å². The van der Waals surface area contributed by atoms with Gasteiger partial charge in [0.25, 0.3) is 11.8 Å². The molecular weight excluding hydrogens is 432 g/mol. The van der Waals surface area contributed by atoms with E-state index < -0.39 is 11.6 Å². The van der Waals surface area contributed by atoms with E-state index in [0.29, 0.717) is 36.5 Å². The van der Waals surface area contributed by atoms with Crippen LogP contribution in [0, 0.1) is 5.92 Å². The molecular formula is C26H28N4O4.